The SMILES string of the molecule is C=CCCOC(=O)[C@H]1[C@@H]2SC3(CC2Br)C(C(=O)N(CC=C)c2ccc(Cl)cc2)N([C@@H](CO)CC(C)C)C(=O)[C@H]13. The van der Waals surface area contributed by atoms with E-state index in [4.69, 9.17) is 16.3 Å². The van der Waals surface area contributed by atoms with E-state index in [2.05, 4.69) is 29.1 Å². The van der Waals surface area contributed by atoms with Crippen molar-refractivity contribution in [2.75, 3.05) is 24.7 Å². The lowest BCUT2D eigenvalue weighted by atomic mass is 9.71. The Morgan fingerprint density at radius 1 is 1.31 bits per heavy atom. The third-order valence-electron chi connectivity index (χ3n) is 7.86. The van der Waals surface area contributed by atoms with Crippen LogP contribution in [0.1, 0.15) is 33.1 Å². The maximum absolute atomic E-state index is 14.6. The Morgan fingerprint density at radius 2 is 2.00 bits per heavy atom. The standard InChI is InChI=1S/C29H36BrClN2O5S/c1-5-7-13-38-28(37)22-23-26(35)33(20(16-34)14-17(3)4)25(29(23)15-21(30)24(22)39-29)27(36)32(12-6-2)19-10-8-18(31)9-11-19/h5-6,8-11,17,20-25,34H,1-2,7,12-16H2,3-4H3/t20-,21?,22-,23+,24-,25?,29?/m1/s1. The number of halogens is 2. The molecule has 212 valence electrons. The molecule has 1 aromatic rings. The first kappa shape index (κ1) is 30.2. The number of hydrogen-bond acceptors (Lipinski definition) is 6. The third-order valence-corrected chi connectivity index (χ3v) is 11.3. The number of thioether (sulfide) groups is 1. The second-order valence-electron chi connectivity index (χ2n) is 10.8. The van der Waals surface area contributed by atoms with Gasteiger partial charge in [0.25, 0.3) is 5.91 Å². The van der Waals surface area contributed by atoms with Gasteiger partial charge >= 0.3 is 5.97 Å². The molecule has 3 aliphatic heterocycles. The maximum atomic E-state index is 14.6. The number of anilines is 1. The molecule has 0 radical (unpaired) electrons. The van der Waals surface area contributed by atoms with E-state index in [-0.39, 0.29) is 47.6 Å². The topological polar surface area (TPSA) is 87.2 Å². The second kappa shape index (κ2) is 12.4. The summed E-state index contributed by atoms with van der Waals surface area (Å²) in [4.78, 5) is 45.5. The molecule has 39 heavy (non-hydrogen) atoms. The Morgan fingerprint density at radius 3 is 2.59 bits per heavy atom. The van der Waals surface area contributed by atoms with Gasteiger partial charge in [-0.15, -0.1) is 24.9 Å². The number of nitrogens with zero attached hydrogens (tertiary/aromatic N) is 2. The van der Waals surface area contributed by atoms with Crippen LogP contribution in [-0.4, -0.2) is 74.5 Å². The van der Waals surface area contributed by atoms with Crippen LogP contribution in [0, 0.1) is 17.8 Å². The quantitative estimate of drug-likeness (QED) is 0.152. The number of hydrogen-bond donors (Lipinski definition) is 1. The summed E-state index contributed by atoms with van der Waals surface area (Å²) >= 11 is 11.4. The highest BCUT2D eigenvalue weighted by atomic mass is 79.9. The molecule has 7 nitrogen and oxygen atoms in total. The van der Waals surface area contributed by atoms with Crippen molar-refractivity contribution in [1.29, 1.82) is 0 Å². The molecule has 3 heterocycles. The fraction of sp³-hybridized carbons (Fsp3) is 0.552. The number of likely N-dealkylation sites (tertiary alicyclic amines) is 1. The van der Waals surface area contributed by atoms with Crippen LogP contribution in [-0.2, 0) is 19.1 Å². The van der Waals surface area contributed by atoms with Gasteiger partial charge in [-0.05, 0) is 49.4 Å². The Balaban J connectivity index is 1.81. The van der Waals surface area contributed by atoms with E-state index in [1.807, 2.05) is 13.8 Å². The van der Waals surface area contributed by atoms with E-state index < -0.39 is 34.6 Å². The molecular weight excluding hydrogens is 604 g/mol. The molecule has 7 atom stereocenters. The highest BCUT2D eigenvalue weighted by Gasteiger charge is 2.76. The Labute approximate surface area is 248 Å². The van der Waals surface area contributed by atoms with Gasteiger partial charge in [-0.1, -0.05) is 53.5 Å². The van der Waals surface area contributed by atoms with Crippen molar-refractivity contribution in [2.45, 2.75) is 60.0 Å². The first-order chi connectivity index (χ1) is 18.6. The largest absolute Gasteiger partial charge is 0.465 e. The molecule has 0 aromatic heterocycles. The number of rotatable bonds is 12. The van der Waals surface area contributed by atoms with E-state index in [0.29, 0.717) is 30.0 Å². The molecule has 10 heteroatoms. The number of aliphatic hydroxyl groups excluding tert-OH is 1. The normalized spacial score (nSPS) is 29.8. The van der Waals surface area contributed by atoms with Gasteiger partial charge in [0.1, 0.15) is 6.04 Å². The number of esters is 1. The predicted octanol–water partition coefficient (Wildman–Crippen LogP) is 4.85. The number of fused-ring (bicyclic) bond motifs is 1. The van der Waals surface area contributed by atoms with Crippen LogP contribution < -0.4 is 4.90 Å². The maximum Gasteiger partial charge on any atom is 0.310 e. The van der Waals surface area contributed by atoms with Gasteiger partial charge in [0, 0.05) is 27.3 Å². The summed E-state index contributed by atoms with van der Waals surface area (Å²) < 4.78 is 4.74. The van der Waals surface area contributed by atoms with Crippen molar-refractivity contribution >= 4 is 62.8 Å². The number of carbonyl (C=O) groups is 3. The minimum Gasteiger partial charge on any atom is -0.465 e. The van der Waals surface area contributed by atoms with Crippen molar-refractivity contribution in [2.24, 2.45) is 17.8 Å². The number of amides is 2. The van der Waals surface area contributed by atoms with Crippen LogP contribution in [0.5, 0.6) is 0 Å². The van der Waals surface area contributed by atoms with Crippen molar-refractivity contribution in [3.05, 3.63) is 54.6 Å². The lowest BCUT2D eigenvalue weighted by Gasteiger charge is -2.40. The van der Waals surface area contributed by atoms with Gasteiger partial charge in [-0.3, -0.25) is 14.4 Å². The van der Waals surface area contributed by atoms with Gasteiger partial charge in [-0.25, -0.2) is 0 Å². The number of benzene rings is 1. The highest BCUT2D eigenvalue weighted by molar-refractivity contribution is 9.09. The van der Waals surface area contributed by atoms with E-state index >= 15 is 0 Å². The van der Waals surface area contributed by atoms with Crippen LogP contribution in [0.4, 0.5) is 5.69 Å². The third kappa shape index (κ3) is 5.44. The Bertz CT molecular complexity index is 1120. The van der Waals surface area contributed by atoms with Crippen molar-refractivity contribution in [1.82, 2.24) is 4.90 Å². The zero-order valence-electron chi connectivity index (χ0n) is 22.3. The van der Waals surface area contributed by atoms with Crippen LogP contribution in [0.3, 0.4) is 0 Å². The minimum absolute atomic E-state index is 0.0696. The molecule has 3 fully saturated rings. The first-order valence-corrected chi connectivity index (χ1v) is 15.5. The summed E-state index contributed by atoms with van der Waals surface area (Å²) in [5, 5.41) is 10.8. The predicted molar refractivity (Wildman–Crippen MR) is 159 cm³/mol. The fourth-order valence-electron chi connectivity index (χ4n) is 6.39. The molecule has 3 aliphatic rings. The molecule has 1 aromatic carbocycles. The highest BCUT2D eigenvalue weighted by Crippen LogP contribution is 2.68. The molecular formula is C29H36BrClN2O5S. The molecule has 4 rings (SSSR count). The van der Waals surface area contributed by atoms with Crippen molar-refractivity contribution < 1.29 is 24.2 Å². The van der Waals surface area contributed by atoms with Gasteiger partial charge in [0.2, 0.25) is 5.91 Å². The average molecular weight is 640 g/mol. The van der Waals surface area contributed by atoms with E-state index in [9.17, 15) is 19.5 Å². The molecule has 3 saturated heterocycles. The summed E-state index contributed by atoms with van der Waals surface area (Å²) in [7, 11) is 0. The van der Waals surface area contributed by atoms with Crippen molar-refractivity contribution in [3.8, 4) is 0 Å². The minimum atomic E-state index is -0.873. The Hall–Kier alpha value is -1.81. The monoisotopic (exact) mass is 638 g/mol. The van der Waals surface area contributed by atoms with Crippen LogP contribution in [0.25, 0.3) is 0 Å². The van der Waals surface area contributed by atoms with E-state index in [1.54, 1.807) is 58.0 Å². The molecule has 1 N–H and O–H groups in total. The smallest absolute Gasteiger partial charge is 0.310 e. The summed E-state index contributed by atoms with van der Waals surface area (Å²) in [5.41, 5.74) is 0.634. The van der Waals surface area contributed by atoms with Crippen LogP contribution in [0.2, 0.25) is 5.02 Å². The first-order valence-electron chi connectivity index (χ1n) is 13.3. The summed E-state index contributed by atoms with van der Waals surface area (Å²) in [6.07, 6.45) is 4.91. The lowest BCUT2D eigenvalue weighted by molar-refractivity contribution is -0.154. The zero-order chi connectivity index (χ0) is 28.5. The molecule has 0 saturated carbocycles. The summed E-state index contributed by atoms with van der Waals surface area (Å²) in [6, 6.07) is 5.53. The summed E-state index contributed by atoms with van der Waals surface area (Å²) in [5.74, 6) is -2.17. The van der Waals surface area contributed by atoms with Gasteiger partial charge < -0.3 is 19.6 Å². The average Bonchev–Trinajstić information content (AvgIpc) is 3.49. The number of aliphatic hydroxyl groups is 1. The lowest BCUT2D eigenvalue weighted by Crippen LogP contribution is -2.58. The fourth-order valence-corrected chi connectivity index (χ4v) is 10.1. The zero-order valence-corrected chi connectivity index (χ0v) is 25.5. The van der Waals surface area contributed by atoms with Gasteiger partial charge in [0.15, 0.2) is 0 Å². The van der Waals surface area contributed by atoms with Crippen LogP contribution >= 0.6 is 39.3 Å². The van der Waals surface area contributed by atoms with Crippen LogP contribution in [0.15, 0.2) is 49.6 Å². The van der Waals surface area contributed by atoms with Crippen molar-refractivity contribution in [3.63, 3.8) is 0 Å². The molecule has 2 bridgehead atoms. The molecule has 0 aliphatic carbocycles. The van der Waals surface area contributed by atoms with Gasteiger partial charge in [-0.2, -0.15) is 0 Å². The second-order valence-corrected chi connectivity index (χ2v) is 14.0. The number of alkyl halides is 1. The number of carbonyl (C=O) groups excluding carboxylic acids is 3. The summed E-state index contributed by atoms with van der Waals surface area (Å²) in [6.45, 7) is 11.7. The van der Waals surface area contributed by atoms with E-state index in [1.165, 1.54) is 0 Å². The van der Waals surface area contributed by atoms with E-state index in [0.717, 1.165) is 0 Å². The number of ether oxygens (including phenoxy) is 1. The van der Waals surface area contributed by atoms with Gasteiger partial charge in [0.05, 0.1) is 35.8 Å². The Kier molecular flexibility index (Phi) is 9.56. The molecule has 1 spiro atoms. The molecule has 2 amide bonds. The molecule has 3 unspecified atom stereocenters.